The fraction of sp³-hybridized carbons (Fsp3) is 0.571. The van der Waals surface area contributed by atoms with E-state index >= 15 is 0 Å². The van der Waals surface area contributed by atoms with Crippen LogP contribution in [-0.4, -0.2) is 24.5 Å². The summed E-state index contributed by atoms with van der Waals surface area (Å²) in [5.41, 5.74) is 6.96. The summed E-state index contributed by atoms with van der Waals surface area (Å²) < 4.78 is 0. The second kappa shape index (κ2) is 6.39. The molecular weight excluding hydrogens is 232 g/mol. The monoisotopic (exact) mass is 252 g/mol. The third kappa shape index (κ3) is 3.98. The number of benzene rings is 1. The lowest BCUT2D eigenvalue weighted by Crippen LogP contribution is -2.33. The number of nitrogens with two attached hydrogens (primary N) is 1. The van der Waals surface area contributed by atoms with Gasteiger partial charge in [-0.3, -0.25) is 4.90 Å². The first-order valence-electron chi connectivity index (χ1n) is 6.45. The molecule has 0 amide bonds. The van der Waals surface area contributed by atoms with Crippen LogP contribution in [0.2, 0.25) is 5.02 Å². The highest BCUT2D eigenvalue weighted by atomic mass is 35.5. The van der Waals surface area contributed by atoms with Crippen molar-refractivity contribution in [1.82, 2.24) is 4.90 Å². The van der Waals surface area contributed by atoms with Crippen molar-refractivity contribution in [2.75, 3.05) is 19.6 Å². The molecule has 1 aliphatic rings. The first kappa shape index (κ1) is 12.9. The van der Waals surface area contributed by atoms with Crippen molar-refractivity contribution in [1.29, 1.82) is 0 Å². The lowest BCUT2D eigenvalue weighted by Gasteiger charge is -2.31. The van der Waals surface area contributed by atoms with Gasteiger partial charge in [-0.05, 0) is 62.5 Å². The van der Waals surface area contributed by atoms with Gasteiger partial charge in [0, 0.05) is 11.6 Å². The van der Waals surface area contributed by atoms with Crippen LogP contribution in [0.15, 0.2) is 24.3 Å². The van der Waals surface area contributed by atoms with Gasteiger partial charge in [-0.2, -0.15) is 0 Å². The van der Waals surface area contributed by atoms with Gasteiger partial charge >= 0.3 is 0 Å². The standard InChI is InChI=1S/C14H21ClN2/c15-14-3-1-13(2-4-14)11-17-9-6-12(5-8-16)7-10-17/h1-4,12H,5-11,16H2. The van der Waals surface area contributed by atoms with Crippen molar-refractivity contribution >= 4 is 11.6 Å². The van der Waals surface area contributed by atoms with E-state index in [0.29, 0.717) is 0 Å². The van der Waals surface area contributed by atoms with E-state index in [9.17, 15) is 0 Å². The van der Waals surface area contributed by atoms with E-state index < -0.39 is 0 Å². The molecule has 1 aromatic rings. The minimum Gasteiger partial charge on any atom is -0.330 e. The topological polar surface area (TPSA) is 29.3 Å². The molecule has 0 bridgehead atoms. The van der Waals surface area contributed by atoms with Gasteiger partial charge in [-0.1, -0.05) is 23.7 Å². The molecule has 3 heteroatoms. The summed E-state index contributed by atoms with van der Waals surface area (Å²) in [5.74, 6) is 0.849. The number of rotatable bonds is 4. The first-order valence-corrected chi connectivity index (χ1v) is 6.82. The fourth-order valence-corrected chi connectivity index (χ4v) is 2.64. The molecule has 0 saturated carbocycles. The van der Waals surface area contributed by atoms with Crippen LogP contribution >= 0.6 is 11.6 Å². The van der Waals surface area contributed by atoms with Crippen molar-refractivity contribution in [2.24, 2.45) is 11.7 Å². The molecular formula is C14H21ClN2. The van der Waals surface area contributed by atoms with E-state index in [1.807, 2.05) is 12.1 Å². The van der Waals surface area contributed by atoms with Gasteiger partial charge in [0.15, 0.2) is 0 Å². The smallest absolute Gasteiger partial charge is 0.0406 e. The van der Waals surface area contributed by atoms with Gasteiger partial charge in [-0.25, -0.2) is 0 Å². The molecule has 1 aromatic carbocycles. The summed E-state index contributed by atoms with van der Waals surface area (Å²) in [6, 6.07) is 8.18. The number of halogens is 1. The quantitative estimate of drug-likeness (QED) is 0.893. The van der Waals surface area contributed by atoms with Gasteiger partial charge in [-0.15, -0.1) is 0 Å². The molecule has 2 rings (SSSR count). The Morgan fingerprint density at radius 3 is 2.41 bits per heavy atom. The summed E-state index contributed by atoms with van der Waals surface area (Å²) in [6.07, 6.45) is 3.78. The minimum atomic E-state index is 0.815. The molecule has 1 heterocycles. The Morgan fingerprint density at radius 2 is 1.82 bits per heavy atom. The van der Waals surface area contributed by atoms with E-state index in [1.54, 1.807) is 0 Å². The molecule has 2 nitrogen and oxygen atoms in total. The van der Waals surface area contributed by atoms with E-state index in [-0.39, 0.29) is 0 Å². The van der Waals surface area contributed by atoms with Crippen molar-refractivity contribution in [3.8, 4) is 0 Å². The van der Waals surface area contributed by atoms with Gasteiger partial charge in [0.25, 0.3) is 0 Å². The molecule has 94 valence electrons. The highest BCUT2D eigenvalue weighted by molar-refractivity contribution is 6.30. The van der Waals surface area contributed by atoms with E-state index in [1.165, 1.54) is 37.9 Å². The Balaban J connectivity index is 1.79. The zero-order valence-corrected chi connectivity index (χ0v) is 11.0. The van der Waals surface area contributed by atoms with Gasteiger partial charge in [0.2, 0.25) is 0 Å². The van der Waals surface area contributed by atoms with Crippen LogP contribution in [0.25, 0.3) is 0 Å². The van der Waals surface area contributed by atoms with E-state index in [4.69, 9.17) is 17.3 Å². The second-order valence-corrected chi connectivity index (χ2v) is 5.36. The normalized spacial score (nSPS) is 18.5. The summed E-state index contributed by atoms with van der Waals surface area (Å²) >= 11 is 5.88. The second-order valence-electron chi connectivity index (χ2n) is 4.92. The van der Waals surface area contributed by atoms with Crippen molar-refractivity contribution in [2.45, 2.75) is 25.8 Å². The number of hydrogen-bond donors (Lipinski definition) is 1. The number of likely N-dealkylation sites (tertiary alicyclic amines) is 1. The van der Waals surface area contributed by atoms with Crippen LogP contribution in [0.4, 0.5) is 0 Å². The van der Waals surface area contributed by atoms with Gasteiger partial charge < -0.3 is 5.73 Å². The minimum absolute atomic E-state index is 0.815. The lowest BCUT2D eigenvalue weighted by molar-refractivity contribution is 0.173. The number of piperidine rings is 1. The summed E-state index contributed by atoms with van der Waals surface area (Å²) in [4.78, 5) is 2.52. The third-order valence-corrected chi connectivity index (χ3v) is 3.85. The molecule has 0 aliphatic carbocycles. The number of nitrogens with zero attached hydrogens (tertiary/aromatic N) is 1. The van der Waals surface area contributed by atoms with Gasteiger partial charge in [0.1, 0.15) is 0 Å². The average molecular weight is 253 g/mol. The number of hydrogen-bond acceptors (Lipinski definition) is 2. The largest absolute Gasteiger partial charge is 0.330 e. The average Bonchev–Trinajstić information content (AvgIpc) is 2.35. The molecule has 0 radical (unpaired) electrons. The Morgan fingerprint density at radius 1 is 1.18 bits per heavy atom. The van der Waals surface area contributed by atoms with Crippen LogP contribution in [0.3, 0.4) is 0 Å². The van der Waals surface area contributed by atoms with E-state index in [0.717, 1.165) is 24.0 Å². The Kier molecular flexibility index (Phi) is 4.84. The zero-order chi connectivity index (χ0) is 12.1. The molecule has 0 spiro atoms. The summed E-state index contributed by atoms with van der Waals surface area (Å²) in [7, 11) is 0. The Hall–Kier alpha value is -0.570. The van der Waals surface area contributed by atoms with Gasteiger partial charge in [0.05, 0.1) is 0 Å². The maximum atomic E-state index is 5.88. The fourth-order valence-electron chi connectivity index (χ4n) is 2.52. The van der Waals surface area contributed by atoms with Crippen molar-refractivity contribution in [3.05, 3.63) is 34.9 Å². The Labute approximate surface area is 109 Å². The summed E-state index contributed by atoms with van der Waals surface area (Å²) in [5, 5.41) is 0.815. The molecule has 0 unspecified atom stereocenters. The lowest BCUT2D eigenvalue weighted by atomic mass is 9.93. The molecule has 1 fully saturated rings. The maximum absolute atomic E-state index is 5.88. The van der Waals surface area contributed by atoms with Crippen LogP contribution < -0.4 is 5.73 Å². The molecule has 17 heavy (non-hydrogen) atoms. The molecule has 2 N–H and O–H groups in total. The van der Waals surface area contributed by atoms with Crippen LogP contribution in [0, 0.1) is 5.92 Å². The molecule has 1 saturated heterocycles. The predicted molar refractivity (Wildman–Crippen MR) is 73.1 cm³/mol. The zero-order valence-electron chi connectivity index (χ0n) is 10.2. The molecule has 0 atom stereocenters. The predicted octanol–water partition coefficient (Wildman–Crippen LogP) is 2.90. The van der Waals surface area contributed by atoms with Crippen LogP contribution in [-0.2, 0) is 6.54 Å². The van der Waals surface area contributed by atoms with Crippen molar-refractivity contribution < 1.29 is 0 Å². The third-order valence-electron chi connectivity index (χ3n) is 3.60. The Bertz CT molecular complexity index is 329. The SMILES string of the molecule is NCCC1CCN(Cc2ccc(Cl)cc2)CC1. The van der Waals surface area contributed by atoms with E-state index in [2.05, 4.69) is 17.0 Å². The van der Waals surface area contributed by atoms with Crippen LogP contribution in [0.5, 0.6) is 0 Å². The maximum Gasteiger partial charge on any atom is 0.0406 e. The molecule has 0 aromatic heterocycles. The highest BCUT2D eigenvalue weighted by Gasteiger charge is 2.18. The van der Waals surface area contributed by atoms with Crippen molar-refractivity contribution in [3.63, 3.8) is 0 Å². The summed E-state index contributed by atoms with van der Waals surface area (Å²) in [6.45, 7) is 4.29. The molecule has 1 aliphatic heterocycles. The first-order chi connectivity index (χ1) is 8.28. The highest BCUT2D eigenvalue weighted by Crippen LogP contribution is 2.21. The van der Waals surface area contributed by atoms with Crippen LogP contribution in [0.1, 0.15) is 24.8 Å².